The number of ether oxygens (including phenoxy) is 1. The summed E-state index contributed by atoms with van der Waals surface area (Å²) < 4.78 is 5.64. The van der Waals surface area contributed by atoms with Gasteiger partial charge in [-0.25, -0.2) is 4.79 Å². The number of anilines is 1. The van der Waals surface area contributed by atoms with Crippen molar-refractivity contribution in [2.24, 2.45) is 0 Å². The Balaban J connectivity index is 1.55. The number of para-hydroxylation sites is 1. The third-order valence-corrected chi connectivity index (χ3v) is 5.94. The van der Waals surface area contributed by atoms with Crippen LogP contribution in [0.2, 0.25) is 0 Å². The first-order chi connectivity index (χ1) is 15.3. The van der Waals surface area contributed by atoms with Crippen LogP contribution in [0.3, 0.4) is 0 Å². The summed E-state index contributed by atoms with van der Waals surface area (Å²) in [6.45, 7) is 7.35. The molecule has 0 bridgehead atoms. The van der Waals surface area contributed by atoms with Crippen LogP contribution in [-0.4, -0.2) is 41.5 Å². The Morgan fingerprint density at radius 1 is 1.06 bits per heavy atom. The summed E-state index contributed by atoms with van der Waals surface area (Å²) in [6, 6.07) is 15.3. The average molecular weight is 432 g/mol. The van der Waals surface area contributed by atoms with Gasteiger partial charge in [0, 0.05) is 41.8 Å². The standard InChI is InChI=1S/C26H29N3O3/c1-16(2)18-9-11-19(12-10-18)27-25(30)17(3)32-26(31)24-20-7-5-6-8-22(20)28-23-13-14-29(4)15-21(23)24/h5-12,16-17H,13-15H2,1-4H3,(H,27,30). The maximum absolute atomic E-state index is 13.3. The quantitative estimate of drug-likeness (QED) is 0.601. The minimum atomic E-state index is -0.934. The summed E-state index contributed by atoms with van der Waals surface area (Å²) in [5, 5.41) is 3.59. The number of pyridine rings is 1. The van der Waals surface area contributed by atoms with Gasteiger partial charge in [-0.05, 0) is 43.7 Å². The number of carbonyl (C=O) groups excluding carboxylic acids is 2. The van der Waals surface area contributed by atoms with E-state index in [4.69, 9.17) is 9.72 Å². The monoisotopic (exact) mass is 431 g/mol. The molecule has 0 saturated carbocycles. The fourth-order valence-corrected chi connectivity index (χ4v) is 4.03. The number of benzene rings is 2. The predicted molar refractivity (Wildman–Crippen MR) is 126 cm³/mol. The molecular formula is C26H29N3O3. The lowest BCUT2D eigenvalue weighted by molar-refractivity contribution is -0.123. The molecule has 1 atom stereocenters. The molecule has 1 amide bonds. The van der Waals surface area contributed by atoms with Crippen molar-refractivity contribution in [3.8, 4) is 0 Å². The van der Waals surface area contributed by atoms with Gasteiger partial charge in [-0.1, -0.05) is 44.2 Å². The van der Waals surface area contributed by atoms with Crippen LogP contribution < -0.4 is 5.32 Å². The molecule has 1 aromatic heterocycles. The molecular weight excluding hydrogens is 402 g/mol. The molecule has 4 rings (SSSR count). The van der Waals surface area contributed by atoms with E-state index in [-0.39, 0.29) is 5.91 Å². The summed E-state index contributed by atoms with van der Waals surface area (Å²) in [5.74, 6) is -0.437. The number of nitrogens with zero attached hydrogens (tertiary/aromatic N) is 2. The van der Waals surface area contributed by atoms with E-state index < -0.39 is 12.1 Å². The zero-order valence-corrected chi connectivity index (χ0v) is 19.0. The van der Waals surface area contributed by atoms with Gasteiger partial charge in [0.15, 0.2) is 6.10 Å². The SMILES string of the molecule is CC(OC(=O)c1c2c(nc3ccccc13)CCN(C)C2)C(=O)Nc1ccc(C(C)C)cc1. The van der Waals surface area contributed by atoms with Gasteiger partial charge in [0.05, 0.1) is 11.1 Å². The zero-order chi connectivity index (χ0) is 22.8. The van der Waals surface area contributed by atoms with Gasteiger partial charge in [0.1, 0.15) is 0 Å². The number of hydrogen-bond acceptors (Lipinski definition) is 5. The normalized spacial score (nSPS) is 14.8. The number of rotatable bonds is 5. The van der Waals surface area contributed by atoms with Crippen LogP contribution in [0.4, 0.5) is 5.69 Å². The largest absolute Gasteiger partial charge is 0.449 e. The van der Waals surface area contributed by atoms with Crippen LogP contribution >= 0.6 is 0 Å². The molecule has 1 aliphatic heterocycles. The third-order valence-electron chi connectivity index (χ3n) is 5.94. The highest BCUT2D eigenvalue weighted by Crippen LogP contribution is 2.28. The van der Waals surface area contributed by atoms with Gasteiger partial charge < -0.3 is 15.0 Å². The number of nitrogens with one attached hydrogen (secondary N) is 1. The fraction of sp³-hybridized carbons (Fsp3) is 0.346. The Labute approximate surface area is 188 Å². The molecule has 2 heterocycles. The first kappa shape index (κ1) is 22.0. The third kappa shape index (κ3) is 4.50. The number of amides is 1. The molecule has 0 saturated heterocycles. The van der Waals surface area contributed by atoms with E-state index in [2.05, 4.69) is 24.1 Å². The van der Waals surface area contributed by atoms with E-state index in [0.29, 0.717) is 23.7 Å². The van der Waals surface area contributed by atoms with Crippen molar-refractivity contribution in [1.82, 2.24) is 9.88 Å². The van der Waals surface area contributed by atoms with Crippen LogP contribution in [0, 0.1) is 0 Å². The maximum atomic E-state index is 13.3. The molecule has 2 aromatic carbocycles. The van der Waals surface area contributed by atoms with Crippen molar-refractivity contribution >= 4 is 28.5 Å². The van der Waals surface area contributed by atoms with Crippen LogP contribution in [-0.2, 0) is 22.5 Å². The van der Waals surface area contributed by atoms with Gasteiger partial charge >= 0.3 is 5.97 Å². The highest BCUT2D eigenvalue weighted by Gasteiger charge is 2.27. The fourth-order valence-electron chi connectivity index (χ4n) is 4.03. The van der Waals surface area contributed by atoms with Crippen molar-refractivity contribution in [3.05, 3.63) is 70.9 Å². The molecule has 1 unspecified atom stereocenters. The van der Waals surface area contributed by atoms with Crippen molar-refractivity contribution in [2.45, 2.75) is 45.8 Å². The second-order valence-electron chi connectivity index (χ2n) is 8.73. The van der Waals surface area contributed by atoms with Gasteiger partial charge in [-0.3, -0.25) is 9.78 Å². The highest BCUT2D eigenvalue weighted by atomic mass is 16.5. The van der Waals surface area contributed by atoms with Crippen LogP contribution in [0.1, 0.15) is 53.9 Å². The second-order valence-corrected chi connectivity index (χ2v) is 8.73. The summed E-state index contributed by atoms with van der Waals surface area (Å²) in [4.78, 5) is 32.9. The summed E-state index contributed by atoms with van der Waals surface area (Å²) >= 11 is 0. The molecule has 3 aromatic rings. The Hall–Kier alpha value is -3.25. The van der Waals surface area contributed by atoms with Crippen molar-refractivity contribution in [2.75, 3.05) is 18.9 Å². The van der Waals surface area contributed by atoms with E-state index in [1.807, 2.05) is 55.6 Å². The molecule has 0 fully saturated rings. The minimum Gasteiger partial charge on any atom is -0.449 e. The molecule has 166 valence electrons. The maximum Gasteiger partial charge on any atom is 0.339 e. The minimum absolute atomic E-state index is 0.361. The summed E-state index contributed by atoms with van der Waals surface area (Å²) in [7, 11) is 2.02. The lowest BCUT2D eigenvalue weighted by atomic mass is 9.96. The molecule has 32 heavy (non-hydrogen) atoms. The lowest BCUT2D eigenvalue weighted by Gasteiger charge is -2.27. The van der Waals surface area contributed by atoms with Gasteiger partial charge in [-0.15, -0.1) is 0 Å². The first-order valence-corrected chi connectivity index (χ1v) is 11.0. The van der Waals surface area contributed by atoms with Gasteiger partial charge in [-0.2, -0.15) is 0 Å². The summed E-state index contributed by atoms with van der Waals surface area (Å²) in [6.07, 6.45) is -0.157. The van der Waals surface area contributed by atoms with Crippen molar-refractivity contribution < 1.29 is 14.3 Å². The Kier molecular flexibility index (Phi) is 6.24. The zero-order valence-electron chi connectivity index (χ0n) is 19.0. The first-order valence-electron chi connectivity index (χ1n) is 11.0. The number of esters is 1. The Morgan fingerprint density at radius 3 is 2.50 bits per heavy atom. The van der Waals surface area contributed by atoms with Crippen molar-refractivity contribution in [3.63, 3.8) is 0 Å². The number of carbonyl (C=O) groups is 2. The second kappa shape index (κ2) is 9.09. The molecule has 0 spiro atoms. The van der Waals surface area contributed by atoms with E-state index in [1.54, 1.807) is 6.92 Å². The molecule has 1 N–H and O–H groups in total. The molecule has 1 aliphatic rings. The number of aromatic nitrogens is 1. The smallest absolute Gasteiger partial charge is 0.339 e. The lowest BCUT2D eigenvalue weighted by Crippen LogP contribution is -2.32. The number of fused-ring (bicyclic) bond motifs is 2. The molecule has 0 radical (unpaired) electrons. The highest BCUT2D eigenvalue weighted by molar-refractivity contribution is 6.06. The van der Waals surface area contributed by atoms with Crippen LogP contribution in [0.15, 0.2) is 48.5 Å². The molecule has 6 nitrogen and oxygen atoms in total. The predicted octanol–water partition coefficient (Wildman–Crippen LogP) is 4.53. The van der Waals surface area contributed by atoms with Crippen LogP contribution in [0.5, 0.6) is 0 Å². The molecule has 0 aliphatic carbocycles. The van der Waals surface area contributed by atoms with Crippen LogP contribution in [0.25, 0.3) is 10.9 Å². The van der Waals surface area contributed by atoms with Gasteiger partial charge in [0.2, 0.25) is 0 Å². The van der Waals surface area contributed by atoms with Crippen molar-refractivity contribution in [1.29, 1.82) is 0 Å². The van der Waals surface area contributed by atoms with Gasteiger partial charge in [0.25, 0.3) is 5.91 Å². The Bertz CT molecular complexity index is 1150. The van der Waals surface area contributed by atoms with E-state index in [1.165, 1.54) is 5.56 Å². The number of likely N-dealkylation sites (N-methyl/N-ethyl adjacent to an activating group) is 1. The Morgan fingerprint density at radius 2 is 1.78 bits per heavy atom. The molecule has 6 heteroatoms. The van der Waals surface area contributed by atoms with E-state index >= 15 is 0 Å². The van der Waals surface area contributed by atoms with E-state index in [9.17, 15) is 9.59 Å². The average Bonchev–Trinajstić information content (AvgIpc) is 2.77. The number of hydrogen-bond donors (Lipinski definition) is 1. The topological polar surface area (TPSA) is 71.5 Å². The van der Waals surface area contributed by atoms with E-state index in [0.717, 1.165) is 35.1 Å². The summed E-state index contributed by atoms with van der Waals surface area (Å²) in [5.41, 5.74) is 4.97.